The minimum absolute atomic E-state index is 0.557. The van der Waals surface area contributed by atoms with Crippen LogP contribution in [0.5, 0.6) is 0 Å². The first kappa shape index (κ1) is 44.2. The summed E-state index contributed by atoms with van der Waals surface area (Å²) in [6.45, 7) is 0. The Morgan fingerprint density at radius 1 is 0.263 bits per heavy atom. The van der Waals surface area contributed by atoms with Crippen molar-refractivity contribution in [2.75, 3.05) is 0 Å². The van der Waals surface area contributed by atoms with Crippen molar-refractivity contribution >= 4 is 43.6 Å². The van der Waals surface area contributed by atoms with E-state index in [4.69, 9.17) is 15.0 Å². The standard InChI is InChI=1S/C70H44N6/c71-45-54-27-13-14-28-55(54)59-43-52(35-39-65(59)76-63-32-18-16-30-57(63)61-42-51(34-38-67(61)76)47-21-7-2-8-22-47)58-44-53(70-73-68(48-23-9-3-10-24-48)72-69(74-70)49-25-11-4-12-26-49)36-40-64(58)75-62-31-17-15-29-56(62)60-41-50(33-37-66(60)75)46-19-5-1-6-20-46/h1-44H. The van der Waals surface area contributed by atoms with E-state index in [1.807, 2.05) is 78.9 Å². The van der Waals surface area contributed by atoms with Crippen molar-refractivity contribution in [1.29, 1.82) is 5.26 Å². The molecule has 0 saturated heterocycles. The van der Waals surface area contributed by atoms with Crippen LogP contribution in [0.25, 0.3) is 134 Å². The molecule has 0 N–H and O–H groups in total. The summed E-state index contributed by atoms with van der Waals surface area (Å²) in [4.78, 5) is 15.5. The zero-order chi connectivity index (χ0) is 50.5. The molecule has 11 aromatic carbocycles. The van der Waals surface area contributed by atoms with Gasteiger partial charge in [-0.2, -0.15) is 5.26 Å². The topological polar surface area (TPSA) is 72.3 Å². The molecule has 0 spiro atoms. The van der Waals surface area contributed by atoms with Crippen LogP contribution in [0.15, 0.2) is 267 Å². The van der Waals surface area contributed by atoms with Gasteiger partial charge in [-0.15, -0.1) is 0 Å². The molecule has 3 aromatic heterocycles. The van der Waals surface area contributed by atoms with Gasteiger partial charge >= 0.3 is 0 Å². The summed E-state index contributed by atoms with van der Waals surface area (Å²) < 4.78 is 4.76. The van der Waals surface area contributed by atoms with E-state index in [0.29, 0.717) is 23.0 Å². The van der Waals surface area contributed by atoms with Gasteiger partial charge in [0.15, 0.2) is 17.5 Å². The molecule has 14 rings (SSSR count). The van der Waals surface area contributed by atoms with E-state index in [0.717, 1.165) is 111 Å². The maximum absolute atomic E-state index is 10.8. The summed E-state index contributed by atoms with van der Waals surface area (Å²) in [6, 6.07) is 95.9. The van der Waals surface area contributed by atoms with Crippen molar-refractivity contribution in [3.63, 3.8) is 0 Å². The number of hydrogen-bond donors (Lipinski definition) is 0. The highest BCUT2D eigenvalue weighted by molar-refractivity contribution is 6.12. The van der Waals surface area contributed by atoms with Gasteiger partial charge in [0, 0.05) is 54.9 Å². The van der Waals surface area contributed by atoms with Crippen LogP contribution < -0.4 is 0 Å². The molecule has 14 aromatic rings. The molecule has 0 aliphatic rings. The van der Waals surface area contributed by atoms with Crippen molar-refractivity contribution in [3.05, 3.63) is 272 Å². The number of nitrogens with zero attached hydrogens (tertiary/aromatic N) is 6. The number of rotatable bonds is 9. The first-order valence-electron chi connectivity index (χ1n) is 25.5. The Labute approximate surface area is 439 Å². The van der Waals surface area contributed by atoms with Crippen molar-refractivity contribution in [1.82, 2.24) is 24.1 Å². The van der Waals surface area contributed by atoms with E-state index >= 15 is 0 Å². The van der Waals surface area contributed by atoms with Gasteiger partial charge in [0.1, 0.15) is 0 Å². The third kappa shape index (κ3) is 7.62. The third-order valence-electron chi connectivity index (χ3n) is 14.6. The number of aromatic nitrogens is 5. The predicted octanol–water partition coefficient (Wildman–Crippen LogP) is 17.6. The number of hydrogen-bond acceptors (Lipinski definition) is 4. The normalized spacial score (nSPS) is 11.4. The summed E-state index contributed by atoms with van der Waals surface area (Å²) in [5.74, 6) is 1.74. The molecule has 0 unspecified atom stereocenters. The summed E-state index contributed by atoms with van der Waals surface area (Å²) in [6.07, 6.45) is 0. The van der Waals surface area contributed by atoms with Crippen molar-refractivity contribution in [2.45, 2.75) is 0 Å². The quantitative estimate of drug-likeness (QED) is 0.144. The zero-order valence-corrected chi connectivity index (χ0v) is 41.1. The highest BCUT2D eigenvalue weighted by atomic mass is 15.0. The van der Waals surface area contributed by atoms with Gasteiger partial charge in [-0.25, -0.2) is 15.0 Å². The molecule has 354 valence electrons. The molecule has 0 fully saturated rings. The number of fused-ring (bicyclic) bond motifs is 6. The van der Waals surface area contributed by atoms with Gasteiger partial charge in [-0.05, 0) is 101 Å². The summed E-state index contributed by atoms with van der Waals surface area (Å²) in [7, 11) is 0. The van der Waals surface area contributed by atoms with Crippen LogP contribution in [0.1, 0.15) is 5.56 Å². The van der Waals surface area contributed by atoms with Crippen molar-refractivity contribution < 1.29 is 0 Å². The molecule has 3 heterocycles. The van der Waals surface area contributed by atoms with Crippen LogP contribution in [0, 0.1) is 11.3 Å². The Morgan fingerprint density at radius 3 is 1.16 bits per heavy atom. The molecule has 76 heavy (non-hydrogen) atoms. The molecule has 6 heteroatoms. The second-order valence-corrected chi connectivity index (χ2v) is 19.1. The number of benzene rings is 11. The van der Waals surface area contributed by atoms with Crippen LogP contribution in [0.3, 0.4) is 0 Å². The van der Waals surface area contributed by atoms with Crippen LogP contribution in [-0.2, 0) is 0 Å². The molecule has 0 aliphatic heterocycles. The van der Waals surface area contributed by atoms with Crippen LogP contribution in [0.4, 0.5) is 0 Å². The largest absolute Gasteiger partial charge is 0.309 e. The van der Waals surface area contributed by atoms with E-state index in [9.17, 15) is 5.26 Å². The Morgan fingerprint density at radius 2 is 0.645 bits per heavy atom. The molecule has 6 nitrogen and oxygen atoms in total. The lowest BCUT2D eigenvalue weighted by Crippen LogP contribution is -2.03. The Hall–Kier alpha value is -10.5. The molecular weight excluding hydrogens is 925 g/mol. The number of nitriles is 1. The molecule has 0 saturated carbocycles. The van der Waals surface area contributed by atoms with Crippen LogP contribution >= 0.6 is 0 Å². The highest BCUT2D eigenvalue weighted by Crippen LogP contribution is 2.44. The fourth-order valence-corrected chi connectivity index (χ4v) is 11.1. The summed E-state index contributed by atoms with van der Waals surface area (Å²) >= 11 is 0. The Bertz CT molecular complexity index is 4510. The summed E-state index contributed by atoms with van der Waals surface area (Å²) in [5.41, 5.74) is 17.8. The van der Waals surface area contributed by atoms with Gasteiger partial charge in [0.05, 0.1) is 45.1 Å². The zero-order valence-electron chi connectivity index (χ0n) is 41.1. The minimum atomic E-state index is 0.557. The second kappa shape index (κ2) is 18.5. The van der Waals surface area contributed by atoms with Gasteiger partial charge in [-0.1, -0.05) is 194 Å². The molecular formula is C70H44N6. The molecule has 0 atom stereocenters. The van der Waals surface area contributed by atoms with E-state index in [1.54, 1.807) is 0 Å². The molecule has 0 aliphatic carbocycles. The Kier molecular flexibility index (Phi) is 10.8. The average Bonchev–Trinajstić information content (AvgIpc) is 4.12. The second-order valence-electron chi connectivity index (χ2n) is 19.1. The molecule has 0 radical (unpaired) electrons. The van der Waals surface area contributed by atoms with Crippen molar-refractivity contribution in [3.8, 4) is 96.1 Å². The first-order chi connectivity index (χ1) is 37.6. The maximum atomic E-state index is 10.8. The molecule has 0 amide bonds. The van der Waals surface area contributed by atoms with Gasteiger partial charge in [0.25, 0.3) is 0 Å². The fourth-order valence-electron chi connectivity index (χ4n) is 11.1. The average molecular weight is 969 g/mol. The summed E-state index contributed by atoms with van der Waals surface area (Å²) in [5, 5.41) is 15.4. The maximum Gasteiger partial charge on any atom is 0.164 e. The minimum Gasteiger partial charge on any atom is -0.309 e. The van der Waals surface area contributed by atoms with E-state index in [1.165, 1.54) is 5.56 Å². The van der Waals surface area contributed by atoms with Gasteiger partial charge in [-0.3, -0.25) is 0 Å². The fraction of sp³-hybridized carbons (Fsp3) is 0. The number of para-hydroxylation sites is 2. The lowest BCUT2D eigenvalue weighted by molar-refractivity contribution is 1.07. The van der Waals surface area contributed by atoms with Crippen LogP contribution in [0.2, 0.25) is 0 Å². The SMILES string of the molecule is N#Cc1ccccc1-c1cc(-c2cc(-c3nc(-c4ccccc4)nc(-c4ccccc4)n3)ccc2-n2c3ccccc3c3cc(-c4ccccc4)ccc32)ccc1-n1c2ccccc2c2cc(-c3ccccc3)ccc21. The predicted molar refractivity (Wildman–Crippen MR) is 311 cm³/mol. The Balaban J connectivity index is 1.04. The van der Waals surface area contributed by atoms with Crippen molar-refractivity contribution in [2.24, 2.45) is 0 Å². The monoisotopic (exact) mass is 968 g/mol. The molecule has 0 bridgehead atoms. The van der Waals surface area contributed by atoms with Gasteiger partial charge < -0.3 is 9.13 Å². The van der Waals surface area contributed by atoms with E-state index in [-0.39, 0.29) is 0 Å². The highest BCUT2D eigenvalue weighted by Gasteiger charge is 2.23. The van der Waals surface area contributed by atoms with E-state index in [2.05, 4.69) is 203 Å². The van der Waals surface area contributed by atoms with Gasteiger partial charge in [0.2, 0.25) is 0 Å². The van der Waals surface area contributed by atoms with Crippen LogP contribution in [-0.4, -0.2) is 24.1 Å². The smallest absolute Gasteiger partial charge is 0.164 e. The lowest BCUT2D eigenvalue weighted by Gasteiger charge is -2.20. The third-order valence-corrected chi connectivity index (χ3v) is 14.6. The first-order valence-corrected chi connectivity index (χ1v) is 25.5. The lowest BCUT2D eigenvalue weighted by atomic mass is 9.93. The van der Waals surface area contributed by atoms with E-state index < -0.39 is 0 Å².